The SMILES string of the molecule is Cc1cccnc1Nc1ccnc2c1c(=O)n(C)c(=O)n2C. The highest BCUT2D eigenvalue weighted by atomic mass is 16.2. The maximum Gasteiger partial charge on any atom is 0.332 e. The van der Waals surface area contributed by atoms with Crippen molar-refractivity contribution in [3.63, 3.8) is 0 Å². The lowest BCUT2D eigenvalue weighted by atomic mass is 10.2. The molecule has 0 aliphatic rings. The first-order valence-electron chi connectivity index (χ1n) is 6.74. The zero-order valence-corrected chi connectivity index (χ0v) is 12.5. The fourth-order valence-electron chi connectivity index (χ4n) is 2.33. The average Bonchev–Trinajstić information content (AvgIpc) is 2.53. The summed E-state index contributed by atoms with van der Waals surface area (Å²) in [6.07, 6.45) is 3.23. The minimum absolute atomic E-state index is 0.340. The van der Waals surface area contributed by atoms with Crippen LogP contribution in [0.4, 0.5) is 11.5 Å². The summed E-state index contributed by atoms with van der Waals surface area (Å²) in [6, 6.07) is 5.46. The fourth-order valence-corrected chi connectivity index (χ4v) is 2.33. The smallest absolute Gasteiger partial charge is 0.332 e. The first kappa shape index (κ1) is 14.0. The van der Waals surface area contributed by atoms with Crippen molar-refractivity contribution in [3.8, 4) is 0 Å². The van der Waals surface area contributed by atoms with Crippen LogP contribution < -0.4 is 16.6 Å². The molecule has 3 aromatic heterocycles. The fraction of sp³-hybridized carbons (Fsp3) is 0.200. The lowest BCUT2D eigenvalue weighted by Gasteiger charge is -2.12. The van der Waals surface area contributed by atoms with Crippen molar-refractivity contribution in [1.29, 1.82) is 0 Å². The molecule has 3 heterocycles. The van der Waals surface area contributed by atoms with Crippen molar-refractivity contribution in [2.45, 2.75) is 6.92 Å². The van der Waals surface area contributed by atoms with Crippen LogP contribution in [0.3, 0.4) is 0 Å². The van der Waals surface area contributed by atoms with Gasteiger partial charge in [0, 0.05) is 26.5 Å². The molecule has 0 saturated heterocycles. The van der Waals surface area contributed by atoms with Crippen LogP contribution in [0.5, 0.6) is 0 Å². The van der Waals surface area contributed by atoms with E-state index in [0.717, 1.165) is 10.1 Å². The third kappa shape index (κ3) is 2.07. The van der Waals surface area contributed by atoms with E-state index in [9.17, 15) is 9.59 Å². The molecule has 0 aliphatic carbocycles. The second kappa shape index (κ2) is 5.10. The predicted octanol–water partition coefficient (Wildman–Crippen LogP) is 1.08. The van der Waals surface area contributed by atoms with E-state index in [1.165, 1.54) is 11.6 Å². The Balaban J connectivity index is 2.30. The number of aromatic nitrogens is 4. The van der Waals surface area contributed by atoms with Crippen molar-refractivity contribution < 1.29 is 0 Å². The van der Waals surface area contributed by atoms with E-state index in [-0.39, 0.29) is 5.56 Å². The molecule has 7 heteroatoms. The predicted molar refractivity (Wildman–Crippen MR) is 84.5 cm³/mol. The molecule has 0 radical (unpaired) electrons. The van der Waals surface area contributed by atoms with Gasteiger partial charge in [0.2, 0.25) is 0 Å². The molecule has 0 atom stereocenters. The van der Waals surface area contributed by atoms with Crippen molar-refractivity contribution in [2.24, 2.45) is 14.1 Å². The zero-order valence-electron chi connectivity index (χ0n) is 12.5. The third-order valence-electron chi connectivity index (χ3n) is 3.60. The number of nitrogens with one attached hydrogen (secondary N) is 1. The lowest BCUT2D eigenvalue weighted by Crippen LogP contribution is -2.37. The van der Waals surface area contributed by atoms with Gasteiger partial charge in [-0.15, -0.1) is 0 Å². The molecule has 0 aliphatic heterocycles. The van der Waals surface area contributed by atoms with Crippen LogP contribution in [-0.4, -0.2) is 19.1 Å². The van der Waals surface area contributed by atoms with Crippen LogP contribution in [0, 0.1) is 6.92 Å². The van der Waals surface area contributed by atoms with Gasteiger partial charge in [-0.25, -0.2) is 14.8 Å². The van der Waals surface area contributed by atoms with Crippen molar-refractivity contribution in [3.05, 3.63) is 57.0 Å². The van der Waals surface area contributed by atoms with E-state index in [4.69, 9.17) is 0 Å². The number of anilines is 2. The number of hydrogen-bond donors (Lipinski definition) is 1. The van der Waals surface area contributed by atoms with Gasteiger partial charge in [0.1, 0.15) is 11.2 Å². The third-order valence-corrected chi connectivity index (χ3v) is 3.60. The maximum atomic E-state index is 12.4. The average molecular weight is 297 g/mol. The first-order valence-corrected chi connectivity index (χ1v) is 6.74. The van der Waals surface area contributed by atoms with Gasteiger partial charge in [-0.3, -0.25) is 13.9 Å². The molecule has 0 aromatic carbocycles. The van der Waals surface area contributed by atoms with Crippen LogP contribution in [0.25, 0.3) is 11.0 Å². The Kier molecular flexibility index (Phi) is 3.25. The van der Waals surface area contributed by atoms with E-state index in [0.29, 0.717) is 22.5 Å². The normalized spacial score (nSPS) is 10.9. The summed E-state index contributed by atoms with van der Waals surface area (Å²) in [5.74, 6) is 0.658. The van der Waals surface area contributed by atoms with Gasteiger partial charge >= 0.3 is 5.69 Å². The highest BCUT2D eigenvalue weighted by molar-refractivity contribution is 5.90. The van der Waals surface area contributed by atoms with Gasteiger partial charge in [-0.2, -0.15) is 0 Å². The molecular weight excluding hydrogens is 282 g/mol. The van der Waals surface area contributed by atoms with Gasteiger partial charge in [-0.1, -0.05) is 6.07 Å². The number of aryl methyl sites for hydroxylation is 2. The second-order valence-corrected chi connectivity index (χ2v) is 5.06. The quantitative estimate of drug-likeness (QED) is 0.765. The van der Waals surface area contributed by atoms with Gasteiger partial charge in [0.05, 0.1) is 5.69 Å². The van der Waals surface area contributed by atoms with Crippen LogP contribution in [-0.2, 0) is 14.1 Å². The van der Waals surface area contributed by atoms with Crippen molar-refractivity contribution in [1.82, 2.24) is 19.1 Å². The molecule has 1 N–H and O–H groups in total. The first-order chi connectivity index (χ1) is 10.5. The second-order valence-electron chi connectivity index (χ2n) is 5.06. The summed E-state index contributed by atoms with van der Waals surface area (Å²) in [6.45, 7) is 1.92. The molecule has 22 heavy (non-hydrogen) atoms. The number of rotatable bonds is 2. The Labute approximate surface area is 125 Å². The zero-order chi connectivity index (χ0) is 15.9. The van der Waals surface area contributed by atoms with Crippen LogP contribution in [0.1, 0.15) is 5.56 Å². The van der Waals surface area contributed by atoms with Crippen molar-refractivity contribution in [2.75, 3.05) is 5.32 Å². The number of fused-ring (bicyclic) bond motifs is 1. The summed E-state index contributed by atoms with van der Waals surface area (Å²) in [5, 5.41) is 3.51. The van der Waals surface area contributed by atoms with E-state index in [2.05, 4.69) is 15.3 Å². The summed E-state index contributed by atoms with van der Waals surface area (Å²) in [4.78, 5) is 32.8. The molecule has 0 bridgehead atoms. The van der Waals surface area contributed by atoms with E-state index < -0.39 is 5.69 Å². The molecule has 7 nitrogen and oxygen atoms in total. The summed E-state index contributed by atoms with van der Waals surface area (Å²) < 4.78 is 2.42. The van der Waals surface area contributed by atoms with E-state index in [1.54, 1.807) is 25.5 Å². The molecule has 0 saturated carbocycles. The minimum atomic E-state index is -0.406. The summed E-state index contributed by atoms with van der Waals surface area (Å²) in [7, 11) is 3.04. The summed E-state index contributed by atoms with van der Waals surface area (Å²) in [5.41, 5.74) is 1.07. The van der Waals surface area contributed by atoms with E-state index >= 15 is 0 Å². The minimum Gasteiger partial charge on any atom is -0.339 e. The van der Waals surface area contributed by atoms with Gasteiger partial charge in [0.15, 0.2) is 5.65 Å². The van der Waals surface area contributed by atoms with Crippen LogP contribution in [0.2, 0.25) is 0 Å². The maximum absolute atomic E-state index is 12.4. The lowest BCUT2D eigenvalue weighted by molar-refractivity contribution is 0.708. The molecule has 3 rings (SSSR count). The van der Waals surface area contributed by atoms with Gasteiger partial charge in [0.25, 0.3) is 5.56 Å². The topological polar surface area (TPSA) is 81.8 Å². The van der Waals surface area contributed by atoms with Crippen LogP contribution in [0.15, 0.2) is 40.2 Å². The number of nitrogens with zero attached hydrogens (tertiary/aromatic N) is 4. The molecule has 112 valence electrons. The Hall–Kier alpha value is -2.96. The van der Waals surface area contributed by atoms with Gasteiger partial charge in [-0.05, 0) is 24.6 Å². The summed E-state index contributed by atoms with van der Waals surface area (Å²) >= 11 is 0. The Bertz CT molecular complexity index is 987. The monoisotopic (exact) mass is 297 g/mol. The molecule has 0 amide bonds. The highest BCUT2D eigenvalue weighted by Crippen LogP contribution is 2.22. The molecule has 0 unspecified atom stereocenters. The highest BCUT2D eigenvalue weighted by Gasteiger charge is 2.14. The molecule has 0 fully saturated rings. The van der Waals surface area contributed by atoms with Crippen molar-refractivity contribution >= 4 is 22.5 Å². The standard InChI is InChI=1S/C15H15N5O2/c1-9-5-4-7-16-12(9)18-10-6-8-17-13-11(10)14(21)20(3)15(22)19(13)2/h4-8H,1-3H3,(H,16,17,18). The molecule has 3 aromatic rings. The Morgan fingerprint density at radius 3 is 2.55 bits per heavy atom. The Morgan fingerprint density at radius 2 is 1.82 bits per heavy atom. The molecular formula is C15H15N5O2. The van der Waals surface area contributed by atoms with Crippen LogP contribution >= 0.6 is 0 Å². The van der Waals surface area contributed by atoms with E-state index in [1.807, 2.05) is 19.1 Å². The number of hydrogen-bond acceptors (Lipinski definition) is 5. The molecule has 0 spiro atoms. The Morgan fingerprint density at radius 1 is 1.05 bits per heavy atom. The largest absolute Gasteiger partial charge is 0.339 e. The van der Waals surface area contributed by atoms with Gasteiger partial charge < -0.3 is 5.32 Å². The number of pyridine rings is 2.